The van der Waals surface area contributed by atoms with Crippen LogP contribution in [0.15, 0.2) is 54.6 Å². The molecule has 0 heterocycles. The van der Waals surface area contributed by atoms with Crippen LogP contribution in [0, 0.1) is 6.92 Å². The topological polar surface area (TPSA) is 60.8 Å². The molecule has 4 heteroatoms. The van der Waals surface area contributed by atoms with Crippen LogP contribution in [-0.4, -0.2) is 34.1 Å². The minimum Gasteiger partial charge on any atom is -0.387 e. The Morgan fingerprint density at radius 3 is 2.28 bits per heavy atom. The van der Waals surface area contributed by atoms with Crippen molar-refractivity contribution in [2.75, 3.05) is 13.1 Å². The van der Waals surface area contributed by atoms with Gasteiger partial charge in [0, 0.05) is 6.54 Å². The summed E-state index contributed by atoms with van der Waals surface area (Å²) in [4.78, 5) is 14.2. The second-order valence-corrected chi connectivity index (χ2v) is 6.68. The molecular formula is C21H27NO3. The highest BCUT2D eigenvalue weighted by molar-refractivity contribution is 5.77. The highest BCUT2D eigenvalue weighted by atomic mass is 16.3. The molecule has 0 aromatic heterocycles. The highest BCUT2D eigenvalue weighted by Gasteiger charge is 2.29. The Hall–Kier alpha value is -2.17. The fraction of sp³-hybridized carbons (Fsp3) is 0.381. The minimum atomic E-state index is -1.24. The molecule has 0 saturated heterocycles. The van der Waals surface area contributed by atoms with E-state index < -0.39 is 11.7 Å². The van der Waals surface area contributed by atoms with Crippen molar-refractivity contribution in [1.82, 2.24) is 4.90 Å². The number of aliphatic hydroxyl groups is 2. The van der Waals surface area contributed by atoms with Gasteiger partial charge in [0.05, 0.1) is 24.7 Å². The number of hydrogen-bond acceptors (Lipinski definition) is 3. The lowest BCUT2D eigenvalue weighted by molar-refractivity contribution is -0.137. The molecule has 0 aliphatic heterocycles. The van der Waals surface area contributed by atoms with Crippen LogP contribution in [0.4, 0.5) is 0 Å². The first-order chi connectivity index (χ1) is 11.8. The summed E-state index contributed by atoms with van der Waals surface area (Å²) in [5, 5.41) is 21.1. The van der Waals surface area contributed by atoms with E-state index in [4.69, 9.17) is 0 Å². The number of aryl methyl sites for hydroxylation is 1. The lowest BCUT2D eigenvalue weighted by Crippen LogP contribution is -2.38. The Labute approximate surface area is 149 Å². The number of carbonyl (C=O) groups excluding carboxylic acids is 1. The summed E-state index contributed by atoms with van der Waals surface area (Å²) in [6.45, 7) is 6.20. The summed E-state index contributed by atoms with van der Waals surface area (Å²) in [6.07, 6.45) is -0.767. The van der Waals surface area contributed by atoms with Crippen LogP contribution in [0.5, 0.6) is 0 Å². The minimum absolute atomic E-state index is 0.0224. The number of benzene rings is 2. The molecule has 0 radical (unpaired) electrons. The van der Waals surface area contributed by atoms with Gasteiger partial charge in [-0.3, -0.25) is 4.79 Å². The maximum atomic E-state index is 12.6. The average molecular weight is 341 g/mol. The van der Waals surface area contributed by atoms with Crippen LogP contribution in [0.25, 0.3) is 0 Å². The number of nitrogens with zero attached hydrogens (tertiary/aromatic N) is 1. The van der Waals surface area contributed by atoms with E-state index in [9.17, 15) is 15.0 Å². The lowest BCUT2D eigenvalue weighted by Gasteiger charge is -2.29. The molecule has 2 N–H and O–H groups in total. The van der Waals surface area contributed by atoms with Crippen LogP contribution < -0.4 is 0 Å². The van der Waals surface area contributed by atoms with Crippen molar-refractivity contribution < 1.29 is 15.0 Å². The first-order valence-electron chi connectivity index (χ1n) is 8.64. The van der Waals surface area contributed by atoms with Gasteiger partial charge < -0.3 is 15.1 Å². The van der Waals surface area contributed by atoms with Crippen LogP contribution in [0.2, 0.25) is 0 Å². The van der Waals surface area contributed by atoms with Gasteiger partial charge in [-0.05, 0) is 31.9 Å². The normalized spacial score (nSPS) is 14.6. The summed E-state index contributed by atoms with van der Waals surface area (Å²) in [6, 6.07) is 16.8. The zero-order valence-electron chi connectivity index (χ0n) is 15.1. The number of rotatable bonds is 7. The predicted octanol–water partition coefficient (Wildman–Crippen LogP) is 3.17. The number of aliphatic hydroxyl groups excluding tert-OH is 1. The van der Waals surface area contributed by atoms with E-state index in [1.54, 1.807) is 11.8 Å². The van der Waals surface area contributed by atoms with Gasteiger partial charge >= 0.3 is 0 Å². The van der Waals surface area contributed by atoms with E-state index in [-0.39, 0.29) is 18.9 Å². The SMILES string of the molecule is CCN(CC(O)c1ccc(C)cc1)C(=O)CC(C)(O)c1ccccc1. The fourth-order valence-electron chi connectivity index (χ4n) is 2.82. The summed E-state index contributed by atoms with van der Waals surface area (Å²) < 4.78 is 0. The molecule has 0 aliphatic carbocycles. The Bertz CT molecular complexity index is 680. The summed E-state index contributed by atoms with van der Waals surface area (Å²) in [5.41, 5.74) is 1.38. The average Bonchev–Trinajstić information content (AvgIpc) is 2.60. The summed E-state index contributed by atoms with van der Waals surface area (Å²) >= 11 is 0. The largest absolute Gasteiger partial charge is 0.387 e. The van der Waals surface area contributed by atoms with E-state index in [1.807, 2.05) is 68.4 Å². The second-order valence-electron chi connectivity index (χ2n) is 6.68. The van der Waals surface area contributed by atoms with Gasteiger partial charge in [-0.2, -0.15) is 0 Å². The molecule has 134 valence electrons. The monoisotopic (exact) mass is 341 g/mol. The third kappa shape index (κ3) is 5.15. The first-order valence-corrected chi connectivity index (χ1v) is 8.64. The van der Waals surface area contributed by atoms with Crippen LogP contribution in [-0.2, 0) is 10.4 Å². The summed E-state index contributed by atoms with van der Waals surface area (Å²) in [7, 11) is 0. The Morgan fingerprint density at radius 2 is 1.72 bits per heavy atom. The van der Waals surface area contributed by atoms with Gasteiger partial charge in [0.25, 0.3) is 0 Å². The smallest absolute Gasteiger partial charge is 0.225 e. The number of likely N-dealkylation sites (N-methyl/N-ethyl adjacent to an activating group) is 1. The van der Waals surface area contributed by atoms with Gasteiger partial charge in [-0.15, -0.1) is 0 Å². The van der Waals surface area contributed by atoms with E-state index in [1.165, 1.54) is 0 Å². The third-order valence-electron chi connectivity index (χ3n) is 4.48. The Kier molecular flexibility index (Phi) is 6.34. The Balaban J connectivity index is 2.04. The quantitative estimate of drug-likeness (QED) is 0.813. The zero-order valence-corrected chi connectivity index (χ0v) is 15.1. The third-order valence-corrected chi connectivity index (χ3v) is 4.48. The maximum absolute atomic E-state index is 12.6. The molecule has 0 spiro atoms. The van der Waals surface area contributed by atoms with Crippen LogP contribution >= 0.6 is 0 Å². The standard InChI is InChI=1S/C21H27NO3/c1-4-22(15-19(23)17-12-10-16(2)11-13-17)20(24)14-21(3,25)18-8-6-5-7-9-18/h5-13,19,23,25H,4,14-15H2,1-3H3. The van der Waals surface area contributed by atoms with Crippen molar-refractivity contribution in [2.24, 2.45) is 0 Å². The molecule has 2 atom stereocenters. The molecule has 2 aromatic rings. The van der Waals surface area contributed by atoms with Crippen molar-refractivity contribution in [3.8, 4) is 0 Å². The molecule has 0 fully saturated rings. The molecule has 25 heavy (non-hydrogen) atoms. The van der Waals surface area contributed by atoms with Gasteiger partial charge in [0.2, 0.25) is 5.91 Å². The van der Waals surface area contributed by atoms with Crippen molar-refractivity contribution in [3.05, 3.63) is 71.3 Å². The molecule has 0 bridgehead atoms. The van der Waals surface area contributed by atoms with Crippen LogP contribution in [0.1, 0.15) is 43.1 Å². The number of carbonyl (C=O) groups is 1. The first kappa shape index (κ1) is 19.2. The van der Waals surface area contributed by atoms with Crippen molar-refractivity contribution in [3.63, 3.8) is 0 Å². The number of amides is 1. The van der Waals surface area contributed by atoms with Gasteiger partial charge in [0.1, 0.15) is 0 Å². The molecule has 2 rings (SSSR count). The second kappa shape index (κ2) is 8.28. The zero-order chi connectivity index (χ0) is 18.4. The molecule has 2 unspecified atom stereocenters. The summed E-state index contributed by atoms with van der Waals surface area (Å²) in [5.74, 6) is -0.178. The van der Waals surface area contributed by atoms with E-state index in [0.29, 0.717) is 12.1 Å². The van der Waals surface area contributed by atoms with Crippen molar-refractivity contribution >= 4 is 5.91 Å². The van der Waals surface area contributed by atoms with E-state index in [0.717, 1.165) is 11.1 Å². The maximum Gasteiger partial charge on any atom is 0.225 e. The highest BCUT2D eigenvalue weighted by Crippen LogP contribution is 2.25. The molecule has 0 saturated carbocycles. The molecule has 0 aliphatic rings. The predicted molar refractivity (Wildman–Crippen MR) is 99.0 cm³/mol. The van der Waals surface area contributed by atoms with Gasteiger partial charge in [-0.25, -0.2) is 0 Å². The van der Waals surface area contributed by atoms with Crippen molar-refractivity contribution in [1.29, 1.82) is 0 Å². The van der Waals surface area contributed by atoms with Crippen molar-refractivity contribution in [2.45, 2.75) is 38.9 Å². The Morgan fingerprint density at radius 1 is 1.12 bits per heavy atom. The van der Waals surface area contributed by atoms with E-state index >= 15 is 0 Å². The number of hydrogen-bond donors (Lipinski definition) is 2. The fourth-order valence-corrected chi connectivity index (χ4v) is 2.82. The molecule has 2 aromatic carbocycles. The van der Waals surface area contributed by atoms with Crippen LogP contribution in [0.3, 0.4) is 0 Å². The van der Waals surface area contributed by atoms with E-state index in [2.05, 4.69) is 0 Å². The van der Waals surface area contributed by atoms with Gasteiger partial charge in [-0.1, -0.05) is 60.2 Å². The molecule has 1 amide bonds. The lowest BCUT2D eigenvalue weighted by atomic mass is 9.92. The molecular weight excluding hydrogens is 314 g/mol. The molecule has 4 nitrogen and oxygen atoms in total. The van der Waals surface area contributed by atoms with Gasteiger partial charge in [0.15, 0.2) is 0 Å².